The van der Waals surface area contributed by atoms with Gasteiger partial charge in [-0.05, 0) is 48.4 Å². The Morgan fingerprint density at radius 2 is 1.76 bits per heavy atom. The molecule has 3 aromatic carbocycles. The predicted molar refractivity (Wildman–Crippen MR) is 121 cm³/mol. The van der Waals surface area contributed by atoms with Crippen LogP contribution >= 0.6 is 23.2 Å². The number of pyridine rings is 1. The van der Waals surface area contributed by atoms with Crippen molar-refractivity contribution in [1.82, 2.24) is 4.98 Å². The Balaban J connectivity index is 1.79. The number of hydrogen-bond acceptors (Lipinski definition) is 2. The number of hydrogen-bond donors (Lipinski definition) is 1. The van der Waals surface area contributed by atoms with Crippen LogP contribution in [0.25, 0.3) is 22.2 Å². The van der Waals surface area contributed by atoms with Crippen molar-refractivity contribution in [2.45, 2.75) is 13.3 Å². The van der Waals surface area contributed by atoms with Gasteiger partial charge in [0.15, 0.2) is 0 Å². The molecule has 29 heavy (non-hydrogen) atoms. The highest BCUT2D eigenvalue weighted by atomic mass is 35.5. The van der Waals surface area contributed by atoms with Crippen LogP contribution in [0, 0.1) is 0 Å². The number of amides is 1. The molecule has 0 bridgehead atoms. The molecule has 0 aliphatic heterocycles. The van der Waals surface area contributed by atoms with E-state index >= 15 is 0 Å². The van der Waals surface area contributed by atoms with E-state index in [-0.39, 0.29) is 5.91 Å². The number of nitrogens with zero attached hydrogens (tertiary/aromatic N) is 1. The molecular weight excluding hydrogens is 403 g/mol. The Morgan fingerprint density at radius 3 is 2.55 bits per heavy atom. The van der Waals surface area contributed by atoms with Gasteiger partial charge in [-0.2, -0.15) is 0 Å². The second-order valence-electron chi connectivity index (χ2n) is 6.71. The summed E-state index contributed by atoms with van der Waals surface area (Å²) < 4.78 is 0. The molecule has 5 heteroatoms. The maximum atomic E-state index is 13.1. The summed E-state index contributed by atoms with van der Waals surface area (Å²) in [4.78, 5) is 17.9. The van der Waals surface area contributed by atoms with Crippen molar-refractivity contribution in [3.63, 3.8) is 0 Å². The second kappa shape index (κ2) is 8.24. The zero-order valence-corrected chi connectivity index (χ0v) is 17.3. The summed E-state index contributed by atoms with van der Waals surface area (Å²) in [5, 5.41) is 4.73. The summed E-state index contributed by atoms with van der Waals surface area (Å²) in [7, 11) is 0. The van der Waals surface area contributed by atoms with E-state index in [9.17, 15) is 4.79 Å². The molecule has 144 valence electrons. The first-order valence-corrected chi connectivity index (χ1v) is 10.1. The van der Waals surface area contributed by atoms with Crippen LogP contribution in [-0.2, 0) is 6.42 Å². The van der Waals surface area contributed by atoms with E-state index in [2.05, 4.69) is 12.2 Å². The zero-order chi connectivity index (χ0) is 20.4. The number of para-hydroxylation sites is 1. The largest absolute Gasteiger partial charge is 0.322 e. The number of aromatic nitrogens is 1. The highest BCUT2D eigenvalue weighted by molar-refractivity contribution is 6.42. The average molecular weight is 421 g/mol. The standard InChI is InChI=1S/C24H18Cl2N2O/c1-2-15-6-5-7-17(12-15)27-24(29)19-14-23(16-10-11-20(25)21(26)13-16)28-22-9-4-3-8-18(19)22/h3-14H,2H2,1H3,(H,27,29). The van der Waals surface area contributed by atoms with Crippen LogP contribution in [0.4, 0.5) is 5.69 Å². The Kier molecular flexibility index (Phi) is 5.52. The van der Waals surface area contributed by atoms with Crippen molar-refractivity contribution in [2.75, 3.05) is 5.32 Å². The van der Waals surface area contributed by atoms with Gasteiger partial charge < -0.3 is 5.32 Å². The minimum Gasteiger partial charge on any atom is -0.322 e. The van der Waals surface area contributed by atoms with Gasteiger partial charge in [-0.15, -0.1) is 0 Å². The molecule has 0 atom stereocenters. The lowest BCUT2D eigenvalue weighted by Crippen LogP contribution is -2.13. The van der Waals surface area contributed by atoms with Crippen molar-refractivity contribution in [3.05, 3.63) is 94.0 Å². The molecule has 0 spiro atoms. The van der Waals surface area contributed by atoms with Gasteiger partial charge in [-0.25, -0.2) is 4.98 Å². The fourth-order valence-electron chi connectivity index (χ4n) is 3.23. The number of carbonyl (C=O) groups excluding carboxylic acids is 1. The topological polar surface area (TPSA) is 42.0 Å². The summed E-state index contributed by atoms with van der Waals surface area (Å²) >= 11 is 12.2. The second-order valence-corrected chi connectivity index (χ2v) is 7.52. The van der Waals surface area contributed by atoms with Crippen molar-refractivity contribution < 1.29 is 4.79 Å². The van der Waals surface area contributed by atoms with Crippen LogP contribution in [-0.4, -0.2) is 10.9 Å². The van der Waals surface area contributed by atoms with E-state index in [1.807, 2.05) is 54.6 Å². The third kappa shape index (κ3) is 4.12. The molecule has 0 fully saturated rings. The zero-order valence-electron chi connectivity index (χ0n) is 15.7. The van der Waals surface area contributed by atoms with Gasteiger partial charge in [-0.1, -0.05) is 66.5 Å². The van der Waals surface area contributed by atoms with E-state index in [4.69, 9.17) is 28.2 Å². The first-order valence-electron chi connectivity index (χ1n) is 9.30. The van der Waals surface area contributed by atoms with E-state index in [0.717, 1.165) is 28.6 Å². The molecule has 3 nitrogen and oxygen atoms in total. The molecule has 0 unspecified atom stereocenters. The van der Waals surface area contributed by atoms with Gasteiger partial charge in [0.05, 0.1) is 26.8 Å². The minimum absolute atomic E-state index is 0.182. The van der Waals surface area contributed by atoms with Gasteiger partial charge >= 0.3 is 0 Å². The van der Waals surface area contributed by atoms with Crippen molar-refractivity contribution in [1.29, 1.82) is 0 Å². The van der Waals surface area contributed by atoms with Gasteiger partial charge in [0.1, 0.15) is 0 Å². The Labute approximate surface area is 179 Å². The van der Waals surface area contributed by atoms with Crippen LogP contribution in [0.2, 0.25) is 10.0 Å². The highest BCUT2D eigenvalue weighted by Gasteiger charge is 2.15. The third-order valence-electron chi connectivity index (χ3n) is 4.77. The summed E-state index contributed by atoms with van der Waals surface area (Å²) in [5.74, 6) is -0.182. The minimum atomic E-state index is -0.182. The fourth-order valence-corrected chi connectivity index (χ4v) is 3.53. The molecule has 4 aromatic rings. The van der Waals surface area contributed by atoms with Crippen LogP contribution in [0.5, 0.6) is 0 Å². The fraction of sp³-hybridized carbons (Fsp3) is 0.0833. The number of carbonyl (C=O) groups is 1. The molecule has 0 aliphatic rings. The first kappa shape index (κ1) is 19.4. The Morgan fingerprint density at radius 1 is 0.931 bits per heavy atom. The average Bonchev–Trinajstić information content (AvgIpc) is 2.75. The molecule has 0 radical (unpaired) electrons. The molecule has 4 rings (SSSR count). The van der Waals surface area contributed by atoms with Crippen LogP contribution in [0.15, 0.2) is 72.8 Å². The monoisotopic (exact) mass is 420 g/mol. The smallest absolute Gasteiger partial charge is 0.256 e. The van der Waals surface area contributed by atoms with Crippen LogP contribution in [0.3, 0.4) is 0 Å². The summed E-state index contributed by atoms with van der Waals surface area (Å²) in [6.07, 6.45) is 0.906. The molecular formula is C24H18Cl2N2O. The maximum absolute atomic E-state index is 13.1. The van der Waals surface area contributed by atoms with E-state index in [0.29, 0.717) is 21.3 Å². The third-order valence-corrected chi connectivity index (χ3v) is 5.51. The normalized spacial score (nSPS) is 10.9. The number of halogens is 2. The molecule has 1 aromatic heterocycles. The summed E-state index contributed by atoms with van der Waals surface area (Å²) in [6, 6.07) is 22.6. The molecule has 0 saturated carbocycles. The van der Waals surface area contributed by atoms with Crippen molar-refractivity contribution in [2.24, 2.45) is 0 Å². The Hall–Kier alpha value is -2.88. The van der Waals surface area contributed by atoms with E-state index in [1.165, 1.54) is 5.56 Å². The number of anilines is 1. The first-order chi connectivity index (χ1) is 14.0. The molecule has 1 heterocycles. The number of benzene rings is 3. The SMILES string of the molecule is CCc1cccc(NC(=O)c2cc(-c3ccc(Cl)c(Cl)c3)nc3ccccc23)c1. The molecule has 1 N–H and O–H groups in total. The number of aryl methyl sites for hydroxylation is 1. The lowest BCUT2D eigenvalue weighted by atomic mass is 10.0. The number of nitrogens with one attached hydrogen (secondary N) is 1. The predicted octanol–water partition coefficient (Wildman–Crippen LogP) is 7.02. The quantitative estimate of drug-likeness (QED) is 0.385. The van der Waals surface area contributed by atoms with E-state index in [1.54, 1.807) is 18.2 Å². The maximum Gasteiger partial charge on any atom is 0.256 e. The lowest BCUT2D eigenvalue weighted by molar-refractivity contribution is 0.102. The Bertz CT molecular complexity index is 1220. The summed E-state index contributed by atoms with van der Waals surface area (Å²) in [5.41, 5.74) is 4.69. The van der Waals surface area contributed by atoms with Gasteiger partial charge in [0, 0.05) is 16.6 Å². The molecule has 1 amide bonds. The van der Waals surface area contributed by atoms with Crippen LogP contribution < -0.4 is 5.32 Å². The van der Waals surface area contributed by atoms with Crippen LogP contribution in [0.1, 0.15) is 22.8 Å². The number of rotatable bonds is 4. The van der Waals surface area contributed by atoms with E-state index < -0.39 is 0 Å². The lowest BCUT2D eigenvalue weighted by Gasteiger charge is -2.12. The summed E-state index contributed by atoms with van der Waals surface area (Å²) in [6.45, 7) is 2.08. The van der Waals surface area contributed by atoms with Crippen molar-refractivity contribution in [3.8, 4) is 11.3 Å². The molecule has 0 aliphatic carbocycles. The molecule has 0 saturated heterocycles. The van der Waals surface area contributed by atoms with Crippen molar-refractivity contribution >= 4 is 45.7 Å². The van der Waals surface area contributed by atoms with Gasteiger partial charge in [0.2, 0.25) is 0 Å². The number of fused-ring (bicyclic) bond motifs is 1. The van der Waals surface area contributed by atoms with Gasteiger partial charge in [0.25, 0.3) is 5.91 Å². The highest BCUT2D eigenvalue weighted by Crippen LogP contribution is 2.30. The van der Waals surface area contributed by atoms with Gasteiger partial charge in [-0.3, -0.25) is 4.79 Å².